The van der Waals surface area contributed by atoms with Crippen molar-refractivity contribution in [1.29, 1.82) is 0 Å². The van der Waals surface area contributed by atoms with E-state index in [-0.39, 0.29) is 0 Å². The van der Waals surface area contributed by atoms with Gasteiger partial charge in [-0.3, -0.25) is 0 Å². The Morgan fingerprint density at radius 1 is 1.21 bits per heavy atom. The minimum Gasteiger partial charge on any atom is -0.384 e. The van der Waals surface area contributed by atoms with Gasteiger partial charge in [0, 0.05) is 38.0 Å². The lowest BCUT2D eigenvalue weighted by Gasteiger charge is -2.22. The number of benzene rings is 1. The number of methoxy groups -OCH3 is 1. The molecule has 1 heterocycles. The molecule has 1 saturated carbocycles. The number of nitrogens with zero attached hydrogens (tertiary/aromatic N) is 1. The third kappa shape index (κ3) is 3.28. The van der Waals surface area contributed by atoms with E-state index in [0.717, 1.165) is 25.6 Å². The van der Waals surface area contributed by atoms with Crippen molar-refractivity contribution in [3.05, 3.63) is 29.8 Å². The maximum Gasteiger partial charge on any atom is 0.0503 e. The zero-order chi connectivity index (χ0) is 13.1. The predicted molar refractivity (Wildman–Crippen MR) is 78.8 cm³/mol. The first-order valence-corrected chi connectivity index (χ1v) is 7.44. The van der Waals surface area contributed by atoms with Gasteiger partial charge in [0.25, 0.3) is 0 Å². The van der Waals surface area contributed by atoms with Gasteiger partial charge in [0.15, 0.2) is 0 Å². The van der Waals surface area contributed by atoms with Crippen LogP contribution in [0.2, 0.25) is 0 Å². The molecule has 3 heteroatoms. The third-order valence-electron chi connectivity index (χ3n) is 4.14. The van der Waals surface area contributed by atoms with Crippen LogP contribution >= 0.6 is 0 Å². The van der Waals surface area contributed by atoms with Crippen LogP contribution in [0.15, 0.2) is 24.3 Å². The van der Waals surface area contributed by atoms with Gasteiger partial charge in [-0.15, -0.1) is 0 Å². The second-order valence-electron chi connectivity index (χ2n) is 5.74. The van der Waals surface area contributed by atoms with Gasteiger partial charge in [-0.05, 0) is 37.3 Å². The van der Waals surface area contributed by atoms with Gasteiger partial charge in [0.2, 0.25) is 0 Å². The maximum atomic E-state index is 5.21. The van der Waals surface area contributed by atoms with E-state index in [1.807, 2.05) is 0 Å². The fraction of sp³-hybridized carbons (Fsp3) is 0.625. The number of rotatable bonds is 6. The standard InChI is InChI=1S/C16H24N2O/c1-19-11-9-13-4-2-3-5-16(13)18-10-8-15(12-18)17-14-6-7-14/h2-5,14-15,17H,6-12H2,1H3. The third-order valence-corrected chi connectivity index (χ3v) is 4.14. The molecule has 1 unspecified atom stereocenters. The fourth-order valence-electron chi connectivity index (χ4n) is 2.94. The average molecular weight is 260 g/mol. The zero-order valence-corrected chi connectivity index (χ0v) is 11.8. The van der Waals surface area contributed by atoms with E-state index in [0.29, 0.717) is 6.04 Å². The van der Waals surface area contributed by atoms with Gasteiger partial charge in [-0.1, -0.05) is 18.2 Å². The number of nitrogens with one attached hydrogen (secondary N) is 1. The van der Waals surface area contributed by atoms with E-state index in [9.17, 15) is 0 Å². The molecule has 1 saturated heterocycles. The number of hydrogen-bond acceptors (Lipinski definition) is 3. The molecule has 1 N–H and O–H groups in total. The van der Waals surface area contributed by atoms with Crippen LogP contribution in [-0.4, -0.2) is 38.9 Å². The summed E-state index contributed by atoms with van der Waals surface area (Å²) >= 11 is 0. The summed E-state index contributed by atoms with van der Waals surface area (Å²) in [5, 5.41) is 3.75. The summed E-state index contributed by atoms with van der Waals surface area (Å²) in [5.41, 5.74) is 2.82. The normalized spacial score (nSPS) is 23.0. The highest BCUT2D eigenvalue weighted by molar-refractivity contribution is 5.54. The summed E-state index contributed by atoms with van der Waals surface area (Å²) in [6.07, 6.45) is 5.03. The first-order chi connectivity index (χ1) is 9.36. The lowest BCUT2D eigenvalue weighted by atomic mass is 10.1. The van der Waals surface area contributed by atoms with Gasteiger partial charge >= 0.3 is 0 Å². The number of ether oxygens (including phenoxy) is 1. The fourth-order valence-corrected chi connectivity index (χ4v) is 2.94. The molecule has 3 rings (SSSR count). The molecule has 0 spiro atoms. The van der Waals surface area contributed by atoms with Crippen LogP contribution < -0.4 is 10.2 Å². The zero-order valence-electron chi connectivity index (χ0n) is 11.8. The van der Waals surface area contributed by atoms with Crippen LogP contribution in [0.1, 0.15) is 24.8 Å². The summed E-state index contributed by atoms with van der Waals surface area (Å²) in [6, 6.07) is 10.3. The topological polar surface area (TPSA) is 24.5 Å². The van der Waals surface area contributed by atoms with E-state index in [2.05, 4.69) is 34.5 Å². The Labute approximate surface area is 115 Å². The SMILES string of the molecule is COCCc1ccccc1N1CCC(NC2CC2)C1. The minimum absolute atomic E-state index is 0.683. The highest BCUT2D eigenvalue weighted by atomic mass is 16.5. The maximum absolute atomic E-state index is 5.21. The van der Waals surface area contributed by atoms with Crippen LogP contribution in [0.5, 0.6) is 0 Å². The van der Waals surface area contributed by atoms with Crippen molar-refractivity contribution in [2.24, 2.45) is 0 Å². The molecular formula is C16H24N2O. The largest absolute Gasteiger partial charge is 0.384 e. The number of anilines is 1. The molecule has 19 heavy (non-hydrogen) atoms. The summed E-state index contributed by atoms with van der Waals surface area (Å²) < 4.78 is 5.21. The lowest BCUT2D eigenvalue weighted by molar-refractivity contribution is 0.202. The Morgan fingerprint density at radius 2 is 2.05 bits per heavy atom. The van der Waals surface area contributed by atoms with Gasteiger partial charge in [-0.2, -0.15) is 0 Å². The average Bonchev–Trinajstić information content (AvgIpc) is 3.13. The number of hydrogen-bond donors (Lipinski definition) is 1. The smallest absolute Gasteiger partial charge is 0.0503 e. The monoisotopic (exact) mass is 260 g/mol. The van der Waals surface area contributed by atoms with Crippen molar-refractivity contribution in [2.45, 2.75) is 37.8 Å². The molecular weight excluding hydrogens is 236 g/mol. The minimum atomic E-state index is 0.683. The van der Waals surface area contributed by atoms with Crippen LogP contribution in [-0.2, 0) is 11.2 Å². The number of para-hydroxylation sites is 1. The van der Waals surface area contributed by atoms with Crippen LogP contribution in [0.25, 0.3) is 0 Å². The van der Waals surface area contributed by atoms with Crippen molar-refractivity contribution in [3.8, 4) is 0 Å². The van der Waals surface area contributed by atoms with Crippen LogP contribution in [0.4, 0.5) is 5.69 Å². The van der Waals surface area contributed by atoms with Gasteiger partial charge in [0.05, 0.1) is 6.61 Å². The Morgan fingerprint density at radius 3 is 2.84 bits per heavy atom. The summed E-state index contributed by atoms with van der Waals surface area (Å²) in [5.74, 6) is 0. The highest BCUT2D eigenvalue weighted by Gasteiger charge is 2.29. The highest BCUT2D eigenvalue weighted by Crippen LogP contribution is 2.27. The van der Waals surface area contributed by atoms with Crippen molar-refractivity contribution in [1.82, 2.24) is 5.32 Å². The molecule has 0 bridgehead atoms. The molecule has 104 valence electrons. The summed E-state index contributed by atoms with van der Waals surface area (Å²) in [7, 11) is 1.77. The molecule has 1 aliphatic carbocycles. The Kier molecular flexibility index (Phi) is 4.04. The van der Waals surface area contributed by atoms with Crippen molar-refractivity contribution < 1.29 is 4.74 Å². The van der Waals surface area contributed by atoms with Crippen molar-refractivity contribution in [3.63, 3.8) is 0 Å². The lowest BCUT2D eigenvalue weighted by Crippen LogP contribution is -2.34. The molecule has 0 aromatic heterocycles. The molecule has 1 aromatic rings. The van der Waals surface area contributed by atoms with Gasteiger partial charge in [-0.25, -0.2) is 0 Å². The van der Waals surface area contributed by atoms with Crippen LogP contribution in [0, 0.1) is 0 Å². The van der Waals surface area contributed by atoms with E-state index in [4.69, 9.17) is 4.74 Å². The second-order valence-corrected chi connectivity index (χ2v) is 5.74. The molecule has 1 aromatic carbocycles. The molecule has 2 fully saturated rings. The second kappa shape index (κ2) is 5.93. The van der Waals surface area contributed by atoms with E-state index < -0.39 is 0 Å². The van der Waals surface area contributed by atoms with Crippen LogP contribution in [0.3, 0.4) is 0 Å². The Bertz CT molecular complexity index is 417. The predicted octanol–water partition coefficient (Wildman–Crippen LogP) is 2.21. The molecule has 0 radical (unpaired) electrons. The Balaban J connectivity index is 1.64. The van der Waals surface area contributed by atoms with Crippen molar-refractivity contribution >= 4 is 5.69 Å². The van der Waals surface area contributed by atoms with Gasteiger partial charge in [0.1, 0.15) is 0 Å². The van der Waals surface area contributed by atoms with E-state index in [1.54, 1.807) is 7.11 Å². The van der Waals surface area contributed by atoms with E-state index in [1.165, 1.54) is 37.1 Å². The summed E-state index contributed by atoms with van der Waals surface area (Å²) in [6.45, 7) is 3.13. The van der Waals surface area contributed by atoms with E-state index >= 15 is 0 Å². The first-order valence-electron chi connectivity index (χ1n) is 7.44. The molecule has 2 aliphatic rings. The molecule has 3 nitrogen and oxygen atoms in total. The first kappa shape index (κ1) is 12.9. The van der Waals surface area contributed by atoms with Gasteiger partial charge < -0.3 is 15.0 Å². The molecule has 0 amide bonds. The quantitative estimate of drug-likeness (QED) is 0.848. The Hall–Kier alpha value is -1.06. The molecule has 1 aliphatic heterocycles. The molecule has 1 atom stereocenters. The summed E-state index contributed by atoms with van der Waals surface area (Å²) in [4.78, 5) is 2.53. The van der Waals surface area contributed by atoms with Crippen molar-refractivity contribution in [2.75, 3.05) is 31.7 Å².